The molecular formula is C18H17ClN4O. The third-order valence-corrected chi connectivity index (χ3v) is 4.39. The summed E-state index contributed by atoms with van der Waals surface area (Å²) in [5, 5.41) is 4.56. The van der Waals surface area contributed by atoms with Crippen molar-refractivity contribution in [3.63, 3.8) is 0 Å². The average molecular weight is 341 g/mol. The van der Waals surface area contributed by atoms with Crippen molar-refractivity contribution in [1.29, 1.82) is 0 Å². The molecule has 1 unspecified atom stereocenters. The summed E-state index contributed by atoms with van der Waals surface area (Å²) in [6.45, 7) is 1.99. The number of aromatic nitrogens is 3. The molecule has 2 aromatic carbocycles. The first-order chi connectivity index (χ1) is 11.6. The lowest BCUT2D eigenvalue weighted by molar-refractivity contribution is 0.0743. The predicted molar refractivity (Wildman–Crippen MR) is 93.3 cm³/mol. The molecule has 122 valence electrons. The van der Waals surface area contributed by atoms with E-state index in [0.717, 1.165) is 11.3 Å². The van der Waals surface area contributed by atoms with Gasteiger partial charge < -0.3 is 4.90 Å². The quantitative estimate of drug-likeness (QED) is 0.726. The normalized spacial score (nSPS) is 12.0. The van der Waals surface area contributed by atoms with Crippen molar-refractivity contribution in [2.45, 2.75) is 13.0 Å². The highest BCUT2D eigenvalue weighted by Gasteiger charge is 2.20. The maximum Gasteiger partial charge on any atom is 0.255 e. The van der Waals surface area contributed by atoms with Crippen molar-refractivity contribution in [2.75, 3.05) is 7.05 Å². The monoisotopic (exact) mass is 340 g/mol. The summed E-state index contributed by atoms with van der Waals surface area (Å²) in [7, 11) is 1.78. The molecule has 0 saturated carbocycles. The minimum absolute atomic E-state index is 0.0847. The van der Waals surface area contributed by atoms with Crippen molar-refractivity contribution >= 4 is 17.5 Å². The molecule has 3 rings (SSSR count). The van der Waals surface area contributed by atoms with Crippen LogP contribution in [-0.2, 0) is 0 Å². The maximum atomic E-state index is 12.7. The summed E-state index contributed by atoms with van der Waals surface area (Å²) < 4.78 is 1.69. The number of carbonyl (C=O) groups is 1. The third-order valence-electron chi connectivity index (χ3n) is 4.06. The van der Waals surface area contributed by atoms with Crippen LogP contribution in [0.2, 0.25) is 5.02 Å². The third kappa shape index (κ3) is 3.16. The number of hydrogen-bond acceptors (Lipinski definition) is 3. The number of hydrogen-bond donors (Lipinski definition) is 0. The lowest BCUT2D eigenvalue weighted by atomic mass is 10.1. The van der Waals surface area contributed by atoms with E-state index >= 15 is 0 Å². The van der Waals surface area contributed by atoms with Gasteiger partial charge in [0.2, 0.25) is 0 Å². The van der Waals surface area contributed by atoms with Crippen LogP contribution in [-0.4, -0.2) is 32.6 Å². The molecule has 0 bridgehead atoms. The molecule has 0 spiro atoms. The number of rotatable bonds is 4. The van der Waals surface area contributed by atoms with E-state index in [0.29, 0.717) is 10.6 Å². The Kier molecular flexibility index (Phi) is 4.62. The molecule has 0 saturated heterocycles. The topological polar surface area (TPSA) is 51.0 Å². The van der Waals surface area contributed by atoms with Gasteiger partial charge in [-0.2, -0.15) is 5.10 Å². The molecule has 0 fully saturated rings. The van der Waals surface area contributed by atoms with E-state index in [-0.39, 0.29) is 11.9 Å². The van der Waals surface area contributed by atoms with Gasteiger partial charge in [0.1, 0.15) is 12.7 Å². The number of benzene rings is 2. The van der Waals surface area contributed by atoms with Crippen molar-refractivity contribution in [2.24, 2.45) is 0 Å². The van der Waals surface area contributed by atoms with E-state index in [2.05, 4.69) is 10.1 Å². The van der Waals surface area contributed by atoms with Gasteiger partial charge in [0.25, 0.3) is 5.91 Å². The van der Waals surface area contributed by atoms with Crippen LogP contribution >= 0.6 is 11.6 Å². The Labute approximate surface area is 145 Å². The predicted octanol–water partition coefficient (Wildman–Crippen LogP) is 3.75. The lowest BCUT2D eigenvalue weighted by Gasteiger charge is -2.26. The Morgan fingerprint density at radius 1 is 1.17 bits per heavy atom. The smallest absolute Gasteiger partial charge is 0.255 e. The molecule has 1 amide bonds. The van der Waals surface area contributed by atoms with Crippen molar-refractivity contribution < 1.29 is 4.79 Å². The zero-order valence-electron chi connectivity index (χ0n) is 13.4. The molecule has 1 heterocycles. The molecule has 0 N–H and O–H groups in total. The van der Waals surface area contributed by atoms with Crippen LogP contribution in [0.5, 0.6) is 0 Å². The summed E-state index contributed by atoms with van der Waals surface area (Å²) in [5.41, 5.74) is 2.46. The molecule has 0 radical (unpaired) electrons. The van der Waals surface area contributed by atoms with Crippen LogP contribution in [0, 0.1) is 0 Å². The molecule has 0 aliphatic rings. The zero-order valence-corrected chi connectivity index (χ0v) is 14.2. The van der Waals surface area contributed by atoms with Crippen molar-refractivity contribution in [1.82, 2.24) is 19.7 Å². The fourth-order valence-corrected chi connectivity index (χ4v) is 2.69. The Hall–Kier alpha value is -2.66. The number of halogens is 1. The van der Waals surface area contributed by atoms with E-state index in [4.69, 9.17) is 11.6 Å². The molecular weight excluding hydrogens is 324 g/mol. The first-order valence-electron chi connectivity index (χ1n) is 7.54. The highest BCUT2D eigenvalue weighted by molar-refractivity contribution is 6.33. The van der Waals surface area contributed by atoms with Gasteiger partial charge in [-0.05, 0) is 36.8 Å². The Morgan fingerprint density at radius 3 is 2.50 bits per heavy atom. The number of amides is 1. The van der Waals surface area contributed by atoms with Gasteiger partial charge in [-0.1, -0.05) is 35.9 Å². The van der Waals surface area contributed by atoms with E-state index in [1.54, 1.807) is 35.1 Å². The molecule has 3 aromatic rings. The molecule has 1 atom stereocenters. The standard InChI is InChI=1S/C18H17ClN4O/c1-13(22(2)18(24)16-5-3-4-6-17(16)19)14-7-9-15(10-8-14)23-12-20-11-21-23/h3-13H,1-2H3. The van der Waals surface area contributed by atoms with Crippen LogP contribution in [0.4, 0.5) is 0 Å². The highest BCUT2D eigenvalue weighted by atomic mass is 35.5. The van der Waals surface area contributed by atoms with Gasteiger partial charge in [0.05, 0.1) is 22.3 Å². The Bertz CT molecular complexity index is 830. The van der Waals surface area contributed by atoms with Crippen LogP contribution in [0.25, 0.3) is 5.69 Å². The van der Waals surface area contributed by atoms with Gasteiger partial charge in [0.15, 0.2) is 0 Å². The van der Waals surface area contributed by atoms with Crippen molar-refractivity contribution in [3.05, 3.63) is 77.3 Å². The van der Waals surface area contributed by atoms with Gasteiger partial charge in [0, 0.05) is 7.05 Å². The Balaban J connectivity index is 1.79. The first kappa shape index (κ1) is 16.2. The number of nitrogens with zero attached hydrogens (tertiary/aromatic N) is 4. The van der Waals surface area contributed by atoms with Gasteiger partial charge >= 0.3 is 0 Å². The van der Waals surface area contributed by atoms with Crippen LogP contribution in [0.3, 0.4) is 0 Å². The zero-order chi connectivity index (χ0) is 17.1. The van der Waals surface area contributed by atoms with Crippen molar-refractivity contribution in [3.8, 4) is 5.69 Å². The highest BCUT2D eigenvalue weighted by Crippen LogP contribution is 2.24. The average Bonchev–Trinajstić information content (AvgIpc) is 3.15. The summed E-state index contributed by atoms with van der Waals surface area (Å²) in [6.07, 6.45) is 3.14. The lowest BCUT2D eigenvalue weighted by Crippen LogP contribution is -2.29. The van der Waals surface area contributed by atoms with Crippen LogP contribution < -0.4 is 0 Å². The summed E-state index contributed by atoms with van der Waals surface area (Å²) in [6, 6.07) is 14.9. The van der Waals surface area contributed by atoms with Gasteiger partial charge in [-0.3, -0.25) is 4.79 Å². The molecule has 0 aliphatic carbocycles. The summed E-state index contributed by atoms with van der Waals surface area (Å²) in [5.74, 6) is -0.103. The largest absolute Gasteiger partial charge is 0.335 e. The molecule has 0 aliphatic heterocycles. The molecule has 24 heavy (non-hydrogen) atoms. The summed E-state index contributed by atoms with van der Waals surface area (Å²) >= 11 is 6.13. The molecule has 6 heteroatoms. The fraction of sp³-hybridized carbons (Fsp3) is 0.167. The van der Waals surface area contributed by atoms with E-state index in [1.165, 1.54) is 6.33 Å². The molecule has 1 aromatic heterocycles. The summed E-state index contributed by atoms with van der Waals surface area (Å²) in [4.78, 5) is 18.3. The van der Waals surface area contributed by atoms with E-state index < -0.39 is 0 Å². The molecule has 5 nitrogen and oxygen atoms in total. The first-order valence-corrected chi connectivity index (χ1v) is 7.92. The van der Waals surface area contributed by atoms with E-state index in [9.17, 15) is 4.79 Å². The van der Waals surface area contributed by atoms with Crippen LogP contribution in [0.15, 0.2) is 61.2 Å². The van der Waals surface area contributed by atoms with Crippen LogP contribution in [0.1, 0.15) is 28.9 Å². The fourth-order valence-electron chi connectivity index (χ4n) is 2.47. The second-order valence-electron chi connectivity index (χ2n) is 5.50. The van der Waals surface area contributed by atoms with Gasteiger partial charge in [-0.25, -0.2) is 9.67 Å². The van der Waals surface area contributed by atoms with Gasteiger partial charge in [-0.15, -0.1) is 0 Å². The Morgan fingerprint density at radius 2 is 1.88 bits per heavy atom. The minimum atomic E-state index is -0.103. The second-order valence-corrected chi connectivity index (χ2v) is 5.91. The van der Waals surface area contributed by atoms with E-state index in [1.807, 2.05) is 43.3 Å². The maximum absolute atomic E-state index is 12.7. The SMILES string of the molecule is CC(c1ccc(-n2cncn2)cc1)N(C)C(=O)c1ccccc1Cl. The number of carbonyl (C=O) groups excluding carboxylic acids is 1. The minimum Gasteiger partial charge on any atom is -0.335 e. The second kappa shape index (κ2) is 6.84.